The van der Waals surface area contributed by atoms with Crippen molar-refractivity contribution in [3.05, 3.63) is 16.1 Å². The third-order valence-corrected chi connectivity index (χ3v) is 4.47. The monoisotopic (exact) mass is 263 g/mol. The maximum absolute atomic E-state index is 11.1. The second-order valence-corrected chi connectivity index (χ2v) is 6.37. The average Bonchev–Trinajstić information content (AvgIpc) is 2.64. The van der Waals surface area contributed by atoms with Crippen molar-refractivity contribution in [2.24, 2.45) is 0 Å². The maximum Gasteiger partial charge on any atom is 0.211 e. The molecule has 5 nitrogen and oxygen atoms in total. The van der Waals surface area contributed by atoms with Crippen LogP contribution in [0.25, 0.3) is 0 Å². The fraction of sp³-hybridized carbons (Fsp3) is 0.667. The van der Waals surface area contributed by atoms with Gasteiger partial charge in [-0.1, -0.05) is 0 Å². The molecular formula is C9H17N3O2S2. The molecule has 0 amide bonds. The van der Waals surface area contributed by atoms with E-state index in [0.29, 0.717) is 13.1 Å². The highest BCUT2D eigenvalue weighted by Gasteiger charge is 2.04. The summed E-state index contributed by atoms with van der Waals surface area (Å²) in [5.41, 5.74) is 2.85. The topological polar surface area (TPSA) is 71.1 Å². The van der Waals surface area contributed by atoms with E-state index >= 15 is 0 Å². The number of nitrogens with zero attached hydrogens (tertiary/aromatic N) is 1. The van der Waals surface area contributed by atoms with E-state index in [4.69, 9.17) is 0 Å². The Hall–Kier alpha value is -0.500. The standard InChI is InChI=1S/C9H17N3O2S2/c1-3-16(13,14)12-5-4-10-6-9-8(2)11-7-15-9/h7,10,12H,3-6H2,1-2H3. The van der Waals surface area contributed by atoms with E-state index in [1.807, 2.05) is 12.4 Å². The van der Waals surface area contributed by atoms with Crippen molar-refractivity contribution in [3.63, 3.8) is 0 Å². The second-order valence-electron chi connectivity index (χ2n) is 3.34. The number of sulfonamides is 1. The van der Waals surface area contributed by atoms with Crippen LogP contribution in [0.15, 0.2) is 5.51 Å². The van der Waals surface area contributed by atoms with Crippen LogP contribution >= 0.6 is 11.3 Å². The van der Waals surface area contributed by atoms with Gasteiger partial charge < -0.3 is 5.32 Å². The first-order chi connectivity index (χ1) is 7.55. The van der Waals surface area contributed by atoms with Crippen molar-refractivity contribution in [1.82, 2.24) is 15.0 Å². The fourth-order valence-corrected chi connectivity index (χ4v) is 2.46. The molecule has 0 radical (unpaired) electrons. The molecule has 16 heavy (non-hydrogen) atoms. The predicted octanol–water partition coefficient (Wildman–Crippen LogP) is 0.480. The first-order valence-corrected chi connectivity index (χ1v) is 7.65. The molecule has 0 aliphatic rings. The van der Waals surface area contributed by atoms with E-state index in [1.165, 1.54) is 4.88 Å². The molecule has 0 aliphatic carbocycles. The van der Waals surface area contributed by atoms with Gasteiger partial charge in [-0.25, -0.2) is 18.1 Å². The molecule has 0 atom stereocenters. The highest BCUT2D eigenvalue weighted by Crippen LogP contribution is 2.10. The summed E-state index contributed by atoms with van der Waals surface area (Å²) in [7, 11) is -3.06. The average molecular weight is 263 g/mol. The first kappa shape index (κ1) is 13.6. The summed E-state index contributed by atoms with van der Waals surface area (Å²) in [6, 6.07) is 0. The molecule has 0 saturated carbocycles. The Morgan fingerprint density at radius 2 is 2.19 bits per heavy atom. The Morgan fingerprint density at radius 1 is 1.44 bits per heavy atom. The lowest BCUT2D eigenvalue weighted by molar-refractivity contribution is 0.577. The van der Waals surface area contributed by atoms with Crippen LogP contribution in [0.2, 0.25) is 0 Å². The molecule has 1 aromatic rings. The minimum Gasteiger partial charge on any atom is -0.310 e. The minimum atomic E-state index is -3.06. The Bertz CT molecular complexity index is 414. The minimum absolute atomic E-state index is 0.126. The van der Waals surface area contributed by atoms with Gasteiger partial charge in [0.1, 0.15) is 0 Å². The Labute approximate surface area is 100 Å². The molecule has 1 heterocycles. The van der Waals surface area contributed by atoms with Gasteiger partial charge in [0.2, 0.25) is 10.0 Å². The lowest BCUT2D eigenvalue weighted by atomic mass is 10.4. The highest BCUT2D eigenvalue weighted by molar-refractivity contribution is 7.89. The molecule has 0 aliphatic heterocycles. The van der Waals surface area contributed by atoms with Crippen molar-refractivity contribution in [2.45, 2.75) is 20.4 Å². The lowest BCUT2D eigenvalue weighted by Crippen LogP contribution is -2.32. The van der Waals surface area contributed by atoms with Gasteiger partial charge in [0.05, 0.1) is 17.0 Å². The zero-order chi connectivity index (χ0) is 12.0. The van der Waals surface area contributed by atoms with Crippen LogP contribution in [-0.2, 0) is 16.6 Å². The van der Waals surface area contributed by atoms with Crippen LogP contribution < -0.4 is 10.0 Å². The lowest BCUT2D eigenvalue weighted by Gasteiger charge is -2.05. The zero-order valence-electron chi connectivity index (χ0n) is 9.49. The molecule has 1 aromatic heterocycles. The number of hydrogen-bond acceptors (Lipinski definition) is 5. The van der Waals surface area contributed by atoms with Gasteiger partial charge in [-0.3, -0.25) is 0 Å². The predicted molar refractivity (Wildman–Crippen MR) is 66.0 cm³/mol. The van der Waals surface area contributed by atoms with E-state index in [2.05, 4.69) is 15.0 Å². The van der Waals surface area contributed by atoms with Crippen molar-refractivity contribution in [2.75, 3.05) is 18.8 Å². The maximum atomic E-state index is 11.1. The molecule has 0 spiro atoms. The Balaban J connectivity index is 2.16. The number of nitrogens with one attached hydrogen (secondary N) is 2. The van der Waals surface area contributed by atoms with Gasteiger partial charge in [0.25, 0.3) is 0 Å². The van der Waals surface area contributed by atoms with Crippen LogP contribution in [-0.4, -0.2) is 32.2 Å². The summed E-state index contributed by atoms with van der Waals surface area (Å²) >= 11 is 1.61. The van der Waals surface area contributed by atoms with E-state index in [-0.39, 0.29) is 5.75 Å². The van der Waals surface area contributed by atoms with Crippen LogP contribution in [0.4, 0.5) is 0 Å². The number of hydrogen-bond donors (Lipinski definition) is 2. The quantitative estimate of drug-likeness (QED) is 0.702. The number of aryl methyl sites for hydroxylation is 1. The molecule has 7 heteroatoms. The SMILES string of the molecule is CCS(=O)(=O)NCCNCc1scnc1C. The summed E-state index contributed by atoms with van der Waals surface area (Å²) < 4.78 is 24.7. The largest absolute Gasteiger partial charge is 0.310 e. The van der Waals surface area contributed by atoms with E-state index in [0.717, 1.165) is 12.2 Å². The van der Waals surface area contributed by atoms with Crippen LogP contribution in [0, 0.1) is 6.92 Å². The molecule has 92 valence electrons. The van der Waals surface area contributed by atoms with Gasteiger partial charge >= 0.3 is 0 Å². The molecule has 0 bridgehead atoms. The molecule has 2 N–H and O–H groups in total. The highest BCUT2D eigenvalue weighted by atomic mass is 32.2. The summed E-state index contributed by atoms with van der Waals surface area (Å²) in [5.74, 6) is 0.126. The van der Waals surface area contributed by atoms with Crippen LogP contribution in [0.5, 0.6) is 0 Å². The van der Waals surface area contributed by atoms with Crippen molar-refractivity contribution in [3.8, 4) is 0 Å². The number of rotatable bonds is 7. The van der Waals surface area contributed by atoms with Gasteiger partial charge in [0.15, 0.2) is 0 Å². The second kappa shape index (κ2) is 6.29. The van der Waals surface area contributed by atoms with Gasteiger partial charge in [-0.15, -0.1) is 11.3 Å². The summed E-state index contributed by atoms with van der Waals surface area (Å²) in [5, 5.41) is 3.17. The van der Waals surface area contributed by atoms with Gasteiger partial charge in [0, 0.05) is 24.5 Å². The van der Waals surface area contributed by atoms with E-state index < -0.39 is 10.0 Å². The van der Waals surface area contributed by atoms with Crippen LogP contribution in [0.3, 0.4) is 0 Å². The summed E-state index contributed by atoms with van der Waals surface area (Å²) in [6.07, 6.45) is 0. The molecular weight excluding hydrogens is 246 g/mol. The third-order valence-electron chi connectivity index (χ3n) is 2.13. The van der Waals surface area contributed by atoms with Gasteiger partial charge in [-0.2, -0.15) is 0 Å². The normalized spacial score (nSPS) is 11.9. The number of thiazole rings is 1. The molecule has 0 fully saturated rings. The molecule has 0 saturated heterocycles. The summed E-state index contributed by atoms with van der Waals surface area (Å²) in [4.78, 5) is 5.33. The fourth-order valence-electron chi connectivity index (χ4n) is 1.09. The Kier molecular flexibility index (Phi) is 5.33. The number of aromatic nitrogens is 1. The van der Waals surface area contributed by atoms with Gasteiger partial charge in [-0.05, 0) is 13.8 Å². The molecule has 0 aromatic carbocycles. The molecule has 1 rings (SSSR count). The zero-order valence-corrected chi connectivity index (χ0v) is 11.1. The van der Waals surface area contributed by atoms with E-state index in [1.54, 1.807) is 18.3 Å². The van der Waals surface area contributed by atoms with E-state index in [9.17, 15) is 8.42 Å². The van der Waals surface area contributed by atoms with Crippen molar-refractivity contribution in [1.29, 1.82) is 0 Å². The van der Waals surface area contributed by atoms with Crippen molar-refractivity contribution >= 4 is 21.4 Å². The third kappa shape index (κ3) is 4.56. The summed E-state index contributed by atoms with van der Waals surface area (Å²) in [6.45, 7) is 5.37. The first-order valence-electron chi connectivity index (χ1n) is 5.12. The van der Waals surface area contributed by atoms with Crippen LogP contribution in [0.1, 0.15) is 17.5 Å². The molecule has 0 unspecified atom stereocenters. The van der Waals surface area contributed by atoms with Crippen molar-refractivity contribution < 1.29 is 8.42 Å². The smallest absolute Gasteiger partial charge is 0.211 e. The Morgan fingerprint density at radius 3 is 2.75 bits per heavy atom.